The highest BCUT2D eigenvalue weighted by molar-refractivity contribution is 5.94. The van der Waals surface area contributed by atoms with E-state index in [2.05, 4.69) is 0 Å². The number of carboxylic acid groups (broad SMARTS) is 1. The molecular weight excluding hydrogens is 390 g/mol. The van der Waals surface area contributed by atoms with Gasteiger partial charge in [0.1, 0.15) is 17.2 Å². The number of aliphatic carboxylic acids is 1. The molecule has 0 bridgehead atoms. The van der Waals surface area contributed by atoms with Gasteiger partial charge in [-0.15, -0.1) is 0 Å². The smallest absolute Gasteiger partial charge is 0.328 e. The van der Waals surface area contributed by atoms with E-state index >= 15 is 0 Å². The lowest BCUT2D eigenvalue weighted by Gasteiger charge is -2.18. The number of nitrogens with zero attached hydrogens (tertiary/aromatic N) is 1. The van der Waals surface area contributed by atoms with Crippen molar-refractivity contribution in [1.29, 1.82) is 0 Å². The van der Waals surface area contributed by atoms with Gasteiger partial charge < -0.3 is 14.9 Å². The summed E-state index contributed by atoms with van der Waals surface area (Å²) in [6.45, 7) is 2.03. The van der Waals surface area contributed by atoms with E-state index in [1.807, 2.05) is 55.5 Å². The van der Waals surface area contributed by atoms with Gasteiger partial charge in [0.25, 0.3) is 0 Å². The minimum Gasteiger partial charge on any atom is -0.508 e. The summed E-state index contributed by atoms with van der Waals surface area (Å²) in [7, 11) is 0. The molecule has 0 saturated heterocycles. The molecule has 5 nitrogen and oxygen atoms in total. The third kappa shape index (κ3) is 4.41. The SMILES string of the molecule is CCc1nc2cc(O)ccc2c(Oc2cccc(C=CC(=O)O)c2)c1-c1ccccc1. The Hall–Kier alpha value is -4.12. The average Bonchev–Trinajstić information content (AvgIpc) is 2.78. The number of ether oxygens (including phenoxy) is 1. The summed E-state index contributed by atoms with van der Waals surface area (Å²) in [5, 5.41) is 19.6. The molecule has 3 aromatic carbocycles. The number of benzene rings is 3. The van der Waals surface area contributed by atoms with Crippen molar-refractivity contribution in [3.05, 3.63) is 90.1 Å². The van der Waals surface area contributed by atoms with Crippen LogP contribution in [0, 0.1) is 0 Å². The highest BCUT2D eigenvalue weighted by atomic mass is 16.5. The van der Waals surface area contributed by atoms with Crippen LogP contribution in [0.15, 0.2) is 78.9 Å². The minimum absolute atomic E-state index is 0.140. The average molecular weight is 411 g/mol. The lowest BCUT2D eigenvalue weighted by molar-refractivity contribution is -0.131. The second kappa shape index (κ2) is 8.71. The molecule has 2 N–H and O–H groups in total. The van der Waals surface area contributed by atoms with Crippen LogP contribution in [0.4, 0.5) is 0 Å². The van der Waals surface area contributed by atoms with Crippen LogP contribution in [-0.2, 0) is 11.2 Å². The third-order valence-corrected chi connectivity index (χ3v) is 4.89. The van der Waals surface area contributed by atoms with E-state index < -0.39 is 5.97 Å². The monoisotopic (exact) mass is 411 g/mol. The first-order valence-corrected chi connectivity index (χ1v) is 9.95. The van der Waals surface area contributed by atoms with Gasteiger partial charge in [-0.3, -0.25) is 4.98 Å². The maximum absolute atomic E-state index is 10.8. The molecule has 0 fully saturated rings. The predicted molar refractivity (Wildman–Crippen MR) is 121 cm³/mol. The number of hydrogen-bond acceptors (Lipinski definition) is 4. The molecule has 0 radical (unpaired) electrons. The van der Waals surface area contributed by atoms with Crippen LogP contribution in [0.1, 0.15) is 18.2 Å². The fourth-order valence-corrected chi connectivity index (χ4v) is 3.50. The molecule has 0 amide bonds. The lowest BCUT2D eigenvalue weighted by atomic mass is 9.98. The Kier molecular flexibility index (Phi) is 5.67. The lowest BCUT2D eigenvalue weighted by Crippen LogP contribution is -1.99. The maximum Gasteiger partial charge on any atom is 0.328 e. The molecule has 0 aliphatic heterocycles. The topological polar surface area (TPSA) is 79.7 Å². The number of fused-ring (bicyclic) bond motifs is 1. The number of aromatic hydroxyl groups is 1. The molecule has 0 unspecified atom stereocenters. The Morgan fingerprint density at radius 3 is 2.58 bits per heavy atom. The first-order valence-electron chi connectivity index (χ1n) is 9.95. The van der Waals surface area contributed by atoms with Crippen molar-refractivity contribution in [3.8, 4) is 28.4 Å². The van der Waals surface area contributed by atoms with Crippen molar-refractivity contribution in [2.75, 3.05) is 0 Å². The largest absolute Gasteiger partial charge is 0.508 e. The summed E-state index contributed by atoms with van der Waals surface area (Å²) < 4.78 is 6.40. The van der Waals surface area contributed by atoms with Crippen LogP contribution in [0.2, 0.25) is 0 Å². The summed E-state index contributed by atoms with van der Waals surface area (Å²) >= 11 is 0. The summed E-state index contributed by atoms with van der Waals surface area (Å²) in [6, 6.07) is 22.2. The number of aryl methyl sites for hydroxylation is 1. The van der Waals surface area contributed by atoms with E-state index in [0.29, 0.717) is 29.0 Å². The zero-order valence-electron chi connectivity index (χ0n) is 16.9. The molecule has 0 aliphatic carbocycles. The molecule has 154 valence electrons. The van der Waals surface area contributed by atoms with Crippen LogP contribution in [0.3, 0.4) is 0 Å². The number of rotatable bonds is 6. The number of aromatic nitrogens is 1. The van der Waals surface area contributed by atoms with Gasteiger partial charge in [-0.2, -0.15) is 0 Å². The van der Waals surface area contributed by atoms with Gasteiger partial charge >= 0.3 is 5.97 Å². The number of phenolic OH excluding ortho intramolecular Hbond substituents is 1. The van der Waals surface area contributed by atoms with Gasteiger partial charge in [0.2, 0.25) is 0 Å². The van der Waals surface area contributed by atoms with Gasteiger partial charge in [-0.1, -0.05) is 49.4 Å². The Labute approximate surface area is 179 Å². The van der Waals surface area contributed by atoms with Crippen molar-refractivity contribution >= 4 is 22.9 Å². The van der Waals surface area contributed by atoms with Crippen LogP contribution >= 0.6 is 0 Å². The van der Waals surface area contributed by atoms with Gasteiger partial charge in [0.15, 0.2) is 0 Å². The van der Waals surface area contributed by atoms with Crippen molar-refractivity contribution < 1.29 is 19.7 Å². The normalized spacial score (nSPS) is 11.1. The molecule has 0 atom stereocenters. The predicted octanol–water partition coefficient (Wildman–Crippen LogP) is 6.06. The molecule has 4 aromatic rings. The zero-order valence-corrected chi connectivity index (χ0v) is 16.9. The fraction of sp³-hybridized carbons (Fsp3) is 0.0769. The van der Waals surface area contributed by atoms with E-state index in [4.69, 9.17) is 14.8 Å². The highest BCUT2D eigenvalue weighted by Gasteiger charge is 2.18. The highest BCUT2D eigenvalue weighted by Crippen LogP contribution is 2.42. The molecule has 5 heteroatoms. The number of phenols is 1. The van der Waals surface area contributed by atoms with Crippen LogP contribution in [0.25, 0.3) is 28.1 Å². The maximum atomic E-state index is 10.8. The first-order chi connectivity index (χ1) is 15.0. The molecule has 0 aliphatic rings. The molecule has 31 heavy (non-hydrogen) atoms. The molecular formula is C26H21NO4. The van der Waals surface area contributed by atoms with E-state index in [1.54, 1.807) is 24.3 Å². The van der Waals surface area contributed by atoms with Crippen molar-refractivity contribution in [1.82, 2.24) is 4.98 Å². The fourth-order valence-electron chi connectivity index (χ4n) is 3.50. The van der Waals surface area contributed by atoms with Gasteiger partial charge in [0, 0.05) is 23.1 Å². The van der Waals surface area contributed by atoms with Gasteiger partial charge in [-0.05, 0) is 47.9 Å². The summed E-state index contributed by atoms with van der Waals surface area (Å²) in [5.41, 5.74) is 4.11. The van der Waals surface area contributed by atoms with E-state index in [0.717, 1.165) is 28.3 Å². The van der Waals surface area contributed by atoms with Crippen molar-refractivity contribution in [2.24, 2.45) is 0 Å². The Morgan fingerprint density at radius 2 is 1.84 bits per heavy atom. The number of hydrogen-bond donors (Lipinski definition) is 2. The molecule has 4 rings (SSSR count). The van der Waals surface area contributed by atoms with Gasteiger partial charge in [-0.25, -0.2) is 4.79 Å². The second-order valence-corrected chi connectivity index (χ2v) is 7.03. The third-order valence-electron chi connectivity index (χ3n) is 4.89. The van der Waals surface area contributed by atoms with Crippen LogP contribution < -0.4 is 4.74 Å². The minimum atomic E-state index is -1.01. The summed E-state index contributed by atoms with van der Waals surface area (Å²) in [5.74, 6) is 0.353. The van der Waals surface area contributed by atoms with Gasteiger partial charge in [0.05, 0.1) is 11.2 Å². The van der Waals surface area contributed by atoms with Crippen molar-refractivity contribution in [2.45, 2.75) is 13.3 Å². The molecule has 1 heterocycles. The summed E-state index contributed by atoms with van der Waals surface area (Å²) in [4.78, 5) is 15.6. The van der Waals surface area contributed by atoms with Crippen LogP contribution in [0.5, 0.6) is 17.2 Å². The first kappa shape index (κ1) is 20.2. The number of pyridine rings is 1. The quantitative estimate of drug-likeness (QED) is 0.377. The Balaban J connectivity index is 1.91. The second-order valence-electron chi connectivity index (χ2n) is 7.03. The summed E-state index contributed by atoms with van der Waals surface area (Å²) in [6.07, 6.45) is 3.30. The van der Waals surface area contributed by atoms with E-state index in [-0.39, 0.29) is 5.75 Å². The van der Waals surface area contributed by atoms with E-state index in [1.165, 1.54) is 6.08 Å². The molecule has 1 aromatic heterocycles. The standard InChI is InChI=1S/C26H21NO4/c1-2-22-25(18-8-4-3-5-9-18)26(21-13-12-19(28)16-23(21)27-22)31-20-10-6-7-17(15-20)11-14-24(29)30/h3-16,28H,2H2,1H3,(H,29,30). The van der Waals surface area contributed by atoms with Crippen LogP contribution in [-0.4, -0.2) is 21.2 Å². The zero-order chi connectivity index (χ0) is 21.8. The number of carbonyl (C=O) groups is 1. The number of carboxylic acids is 1. The molecule has 0 spiro atoms. The Morgan fingerprint density at radius 1 is 1.03 bits per heavy atom. The Bertz CT molecular complexity index is 1280. The van der Waals surface area contributed by atoms with E-state index in [9.17, 15) is 9.90 Å². The molecule has 0 saturated carbocycles. The van der Waals surface area contributed by atoms with Crippen molar-refractivity contribution in [3.63, 3.8) is 0 Å².